The van der Waals surface area contributed by atoms with Crippen molar-refractivity contribution >= 4 is 13.5 Å². The number of rotatable bonds is 2. The van der Waals surface area contributed by atoms with Crippen LogP contribution in [0.5, 0.6) is 0 Å². The van der Waals surface area contributed by atoms with Crippen LogP contribution >= 0.6 is 0 Å². The molecule has 0 aliphatic heterocycles. The summed E-state index contributed by atoms with van der Waals surface area (Å²) in [5.74, 6) is 0. The first-order chi connectivity index (χ1) is 3.81. The highest BCUT2D eigenvalue weighted by Crippen LogP contribution is 1.71. The molecule has 0 aromatic heterocycles. The van der Waals surface area contributed by atoms with E-state index < -0.39 is 0 Å². The molecule has 0 aromatic rings. The van der Waals surface area contributed by atoms with E-state index in [1.807, 2.05) is 26.9 Å². The molecule has 0 bridgehead atoms. The summed E-state index contributed by atoms with van der Waals surface area (Å²) >= 11 is 0. The maximum absolute atomic E-state index is 3.89. The summed E-state index contributed by atoms with van der Waals surface area (Å²) < 4.78 is 0. The smallest absolute Gasteiger partial charge is 0.166 e. The molecule has 3 heteroatoms. The maximum atomic E-state index is 3.89. The molecule has 0 saturated carbocycles. The molecule has 0 aliphatic carbocycles. The molecule has 0 radical (unpaired) electrons. The summed E-state index contributed by atoms with van der Waals surface area (Å²) in [6.45, 7) is 1.97. The van der Waals surface area contributed by atoms with E-state index in [9.17, 15) is 0 Å². The summed E-state index contributed by atoms with van der Waals surface area (Å²) in [4.78, 5) is 0. The van der Waals surface area contributed by atoms with E-state index in [0.29, 0.717) is 0 Å². The monoisotopic (exact) mass is 110 g/mol. The molecule has 0 unspecified atom stereocenters. The van der Waals surface area contributed by atoms with Gasteiger partial charge in [-0.3, -0.25) is 0 Å². The number of nitrogens with one attached hydrogen (secondary N) is 1. The van der Waals surface area contributed by atoms with Gasteiger partial charge in [0.05, 0.1) is 0 Å². The first kappa shape index (κ1) is 7.27. The van der Waals surface area contributed by atoms with Gasteiger partial charge in [0, 0.05) is 12.7 Å². The maximum Gasteiger partial charge on any atom is 0.166 e. The SMILES string of the molecule is B/C(C=CC)=N/NC. The Kier molecular flexibility index (Phi) is 4.03. The van der Waals surface area contributed by atoms with Crippen molar-refractivity contribution in [1.82, 2.24) is 5.43 Å². The third-order valence-corrected chi connectivity index (χ3v) is 0.696. The van der Waals surface area contributed by atoms with E-state index >= 15 is 0 Å². The molecule has 0 amide bonds. The van der Waals surface area contributed by atoms with Gasteiger partial charge in [-0.05, 0) is 6.92 Å². The summed E-state index contributed by atoms with van der Waals surface area (Å²) in [5, 5.41) is 3.89. The molecule has 0 heterocycles. The Bertz CT molecular complexity index is 107. The van der Waals surface area contributed by atoms with Crippen LogP contribution in [-0.2, 0) is 0 Å². The van der Waals surface area contributed by atoms with Crippen LogP contribution in [0.15, 0.2) is 17.3 Å². The topological polar surface area (TPSA) is 24.4 Å². The largest absolute Gasteiger partial charge is 0.314 e. The second-order valence-electron chi connectivity index (χ2n) is 1.48. The molecular weight excluding hydrogens is 98.9 g/mol. The third kappa shape index (κ3) is 3.46. The van der Waals surface area contributed by atoms with Gasteiger partial charge in [-0.15, -0.1) is 0 Å². The van der Waals surface area contributed by atoms with Gasteiger partial charge >= 0.3 is 0 Å². The Morgan fingerprint density at radius 2 is 2.38 bits per heavy atom. The van der Waals surface area contributed by atoms with Crippen LogP contribution in [0.1, 0.15) is 6.92 Å². The molecule has 2 nitrogen and oxygen atoms in total. The van der Waals surface area contributed by atoms with Gasteiger partial charge in [0.1, 0.15) is 0 Å². The minimum absolute atomic E-state index is 0.995. The molecule has 0 spiro atoms. The van der Waals surface area contributed by atoms with Crippen LogP contribution in [0.4, 0.5) is 0 Å². The van der Waals surface area contributed by atoms with Crippen LogP contribution in [-0.4, -0.2) is 20.5 Å². The van der Waals surface area contributed by atoms with Crippen LogP contribution in [0.3, 0.4) is 0 Å². The average molecular weight is 110 g/mol. The Hall–Kier alpha value is -0.725. The highest BCUT2D eigenvalue weighted by molar-refractivity contribution is 6.62. The highest BCUT2D eigenvalue weighted by atomic mass is 15.3. The lowest BCUT2D eigenvalue weighted by Gasteiger charge is -1.88. The molecular formula is C5H11BN2. The number of hydrogen-bond donors (Lipinski definition) is 1. The zero-order valence-corrected chi connectivity index (χ0v) is 5.60. The standard InChI is InChI=1S/C5H11BN2/c1-3-4-5(6)8-7-2/h3-4,7H,6H2,1-2H3/b4-3?,8-5+. The van der Waals surface area contributed by atoms with Crippen LogP contribution < -0.4 is 5.43 Å². The van der Waals surface area contributed by atoms with Gasteiger partial charge in [0.15, 0.2) is 7.85 Å². The second-order valence-corrected chi connectivity index (χ2v) is 1.48. The molecule has 0 aromatic carbocycles. The molecule has 8 heavy (non-hydrogen) atoms. The van der Waals surface area contributed by atoms with Crippen molar-refractivity contribution in [2.45, 2.75) is 6.92 Å². The number of hydrazone groups is 1. The van der Waals surface area contributed by atoms with Gasteiger partial charge in [-0.2, -0.15) is 5.10 Å². The van der Waals surface area contributed by atoms with E-state index in [1.54, 1.807) is 7.05 Å². The van der Waals surface area contributed by atoms with Crippen molar-refractivity contribution in [2.75, 3.05) is 7.05 Å². The van der Waals surface area contributed by atoms with Gasteiger partial charge in [-0.25, -0.2) is 0 Å². The highest BCUT2D eigenvalue weighted by Gasteiger charge is 1.75. The van der Waals surface area contributed by atoms with Crippen LogP contribution in [0.2, 0.25) is 0 Å². The Labute approximate surface area is 51.1 Å². The van der Waals surface area contributed by atoms with E-state index in [0.717, 1.165) is 5.61 Å². The lowest BCUT2D eigenvalue weighted by molar-refractivity contribution is 0.906. The average Bonchev–Trinajstić information content (AvgIpc) is 1.68. The Morgan fingerprint density at radius 3 is 2.75 bits per heavy atom. The fourth-order valence-electron chi connectivity index (χ4n) is 0.455. The van der Waals surface area contributed by atoms with E-state index in [-0.39, 0.29) is 0 Å². The van der Waals surface area contributed by atoms with Crippen molar-refractivity contribution in [3.8, 4) is 0 Å². The molecule has 1 N–H and O–H groups in total. The lowest BCUT2D eigenvalue weighted by Crippen LogP contribution is -2.01. The van der Waals surface area contributed by atoms with E-state index in [1.165, 1.54) is 0 Å². The molecule has 0 atom stereocenters. The summed E-state index contributed by atoms with van der Waals surface area (Å²) in [7, 11) is 3.73. The fraction of sp³-hybridized carbons (Fsp3) is 0.400. The second kappa shape index (κ2) is 4.43. The van der Waals surface area contributed by atoms with E-state index in [2.05, 4.69) is 10.5 Å². The van der Waals surface area contributed by atoms with Crippen molar-refractivity contribution < 1.29 is 0 Å². The third-order valence-electron chi connectivity index (χ3n) is 0.696. The van der Waals surface area contributed by atoms with Gasteiger partial charge < -0.3 is 5.43 Å². The zero-order chi connectivity index (χ0) is 6.41. The quantitative estimate of drug-likeness (QED) is 0.295. The molecule has 0 rings (SSSR count). The molecule has 0 saturated heterocycles. The molecule has 0 fully saturated rings. The van der Waals surface area contributed by atoms with Gasteiger partial charge in [0.25, 0.3) is 0 Å². The molecule has 0 aliphatic rings. The number of nitrogens with zero attached hydrogens (tertiary/aromatic N) is 1. The Balaban J connectivity index is 3.61. The summed E-state index contributed by atoms with van der Waals surface area (Å²) in [5.41, 5.74) is 3.68. The first-order valence-corrected chi connectivity index (χ1v) is 2.65. The van der Waals surface area contributed by atoms with E-state index in [4.69, 9.17) is 0 Å². The number of hydrogen-bond acceptors (Lipinski definition) is 2. The molecule has 44 valence electrons. The summed E-state index contributed by atoms with van der Waals surface area (Å²) in [6, 6.07) is 0. The van der Waals surface area contributed by atoms with Crippen LogP contribution in [0.25, 0.3) is 0 Å². The number of allylic oxidation sites excluding steroid dienone is 2. The lowest BCUT2D eigenvalue weighted by atomic mass is 10.0. The van der Waals surface area contributed by atoms with Crippen molar-refractivity contribution in [3.05, 3.63) is 12.2 Å². The predicted molar refractivity (Wildman–Crippen MR) is 39.9 cm³/mol. The van der Waals surface area contributed by atoms with Gasteiger partial charge in [-0.1, -0.05) is 12.2 Å². The normalized spacial score (nSPS) is 12.5. The van der Waals surface area contributed by atoms with Crippen molar-refractivity contribution in [3.63, 3.8) is 0 Å². The predicted octanol–water partition coefficient (Wildman–Crippen LogP) is -0.272. The minimum atomic E-state index is 0.995. The minimum Gasteiger partial charge on any atom is -0.314 e. The Morgan fingerprint density at radius 1 is 1.75 bits per heavy atom. The summed E-state index contributed by atoms with van der Waals surface area (Å²) in [6.07, 6.45) is 3.90. The van der Waals surface area contributed by atoms with Crippen LogP contribution in [0, 0.1) is 0 Å². The first-order valence-electron chi connectivity index (χ1n) is 2.65. The van der Waals surface area contributed by atoms with Crippen molar-refractivity contribution in [1.29, 1.82) is 0 Å². The fourth-order valence-corrected chi connectivity index (χ4v) is 0.455. The van der Waals surface area contributed by atoms with Crippen molar-refractivity contribution in [2.24, 2.45) is 5.10 Å². The zero-order valence-electron chi connectivity index (χ0n) is 5.60. The van der Waals surface area contributed by atoms with Gasteiger partial charge in [0.2, 0.25) is 0 Å².